The van der Waals surface area contributed by atoms with Crippen LogP contribution in [0.4, 0.5) is 0 Å². The third-order valence-electron chi connectivity index (χ3n) is 3.73. The van der Waals surface area contributed by atoms with Gasteiger partial charge in [-0.15, -0.1) is 0 Å². The number of benzene rings is 1. The number of nitrogens with zero attached hydrogens (tertiary/aromatic N) is 3. The highest BCUT2D eigenvalue weighted by Gasteiger charge is 2.18. The molecule has 0 aliphatic heterocycles. The molecule has 0 bridgehead atoms. The highest BCUT2D eigenvalue weighted by Crippen LogP contribution is 2.21. The van der Waals surface area contributed by atoms with Crippen LogP contribution in [0, 0.1) is 6.92 Å². The maximum Gasteiger partial charge on any atom is 0.242 e. The van der Waals surface area contributed by atoms with Crippen molar-refractivity contribution in [2.45, 2.75) is 38.0 Å². The topological polar surface area (TPSA) is 98.0 Å². The minimum absolute atomic E-state index is 0.165. The number of hydrogen-bond donors (Lipinski definition) is 1. The molecule has 1 aromatic carbocycles. The summed E-state index contributed by atoms with van der Waals surface area (Å²) in [4.78, 5) is 8.68. The number of nitrogens with one attached hydrogen (secondary N) is 1. The van der Waals surface area contributed by atoms with Crippen LogP contribution in [0.2, 0.25) is 0 Å². The molecule has 0 aliphatic rings. The molecule has 0 unspecified atom stereocenters. The first-order chi connectivity index (χ1) is 11.9. The van der Waals surface area contributed by atoms with Crippen molar-refractivity contribution >= 4 is 20.9 Å². The number of aromatic nitrogens is 3. The molecule has 0 amide bonds. The first-order valence-electron chi connectivity index (χ1n) is 8.04. The molecule has 0 fully saturated rings. The predicted octanol–water partition coefficient (Wildman–Crippen LogP) is 2.57. The summed E-state index contributed by atoms with van der Waals surface area (Å²) in [6.45, 7) is 6.02. The fourth-order valence-corrected chi connectivity index (χ4v) is 3.64. The molecule has 132 valence electrons. The van der Waals surface area contributed by atoms with Gasteiger partial charge in [0.1, 0.15) is 4.90 Å². The Hall–Kier alpha value is -2.32. The lowest BCUT2D eigenvalue weighted by molar-refractivity contribution is 0.371. The largest absolute Gasteiger partial charge is 0.339 e. The van der Waals surface area contributed by atoms with Gasteiger partial charge in [-0.25, -0.2) is 13.1 Å². The second kappa shape index (κ2) is 6.89. The van der Waals surface area contributed by atoms with E-state index in [0.29, 0.717) is 23.7 Å². The van der Waals surface area contributed by atoms with E-state index < -0.39 is 10.0 Å². The van der Waals surface area contributed by atoms with Crippen LogP contribution in [0.5, 0.6) is 0 Å². The van der Waals surface area contributed by atoms with Gasteiger partial charge in [0.15, 0.2) is 5.82 Å². The number of sulfonamides is 1. The van der Waals surface area contributed by atoms with Crippen molar-refractivity contribution in [2.24, 2.45) is 0 Å². The molecule has 3 aromatic rings. The molecule has 0 saturated carbocycles. The molecule has 2 heterocycles. The zero-order valence-corrected chi connectivity index (χ0v) is 15.2. The molecule has 0 saturated heterocycles. The molecule has 0 atom stereocenters. The molecule has 0 aliphatic carbocycles. The molecule has 7 nitrogen and oxygen atoms in total. The minimum Gasteiger partial charge on any atom is -0.339 e. The average Bonchev–Trinajstić information content (AvgIpc) is 3.03. The smallest absolute Gasteiger partial charge is 0.242 e. The number of fused-ring (bicyclic) bond motifs is 1. The molecule has 3 rings (SSSR count). The minimum atomic E-state index is -3.68. The van der Waals surface area contributed by atoms with E-state index in [9.17, 15) is 8.42 Å². The summed E-state index contributed by atoms with van der Waals surface area (Å²) in [6, 6.07) is 7.02. The van der Waals surface area contributed by atoms with Crippen molar-refractivity contribution in [3.8, 4) is 0 Å². The van der Waals surface area contributed by atoms with E-state index in [1.165, 1.54) is 0 Å². The van der Waals surface area contributed by atoms with Crippen molar-refractivity contribution in [1.29, 1.82) is 0 Å². The Labute approximate surface area is 146 Å². The normalized spacial score (nSPS) is 12.2. The number of rotatable bonds is 6. The van der Waals surface area contributed by atoms with Crippen molar-refractivity contribution < 1.29 is 12.9 Å². The summed E-state index contributed by atoms with van der Waals surface area (Å²) in [5.41, 5.74) is 1.44. The van der Waals surface area contributed by atoms with E-state index in [1.54, 1.807) is 18.3 Å². The lowest BCUT2D eigenvalue weighted by Crippen LogP contribution is -2.26. The first-order valence-corrected chi connectivity index (χ1v) is 9.52. The van der Waals surface area contributed by atoms with Gasteiger partial charge in [0, 0.05) is 30.5 Å². The number of pyridine rings is 1. The van der Waals surface area contributed by atoms with Gasteiger partial charge >= 0.3 is 0 Å². The average molecular weight is 360 g/mol. The first kappa shape index (κ1) is 17.5. The SMILES string of the molecule is Cc1cnc2c(S(=O)(=O)NCCc3nc(C(C)C)no3)cccc2c1. The zero-order chi connectivity index (χ0) is 18.0. The number of hydrogen-bond acceptors (Lipinski definition) is 6. The van der Waals surface area contributed by atoms with E-state index in [-0.39, 0.29) is 17.4 Å². The van der Waals surface area contributed by atoms with Crippen molar-refractivity contribution in [2.75, 3.05) is 6.54 Å². The van der Waals surface area contributed by atoms with Crippen LogP contribution in [-0.4, -0.2) is 30.1 Å². The van der Waals surface area contributed by atoms with Crippen LogP contribution < -0.4 is 4.72 Å². The maximum atomic E-state index is 12.6. The molecular weight excluding hydrogens is 340 g/mol. The lowest BCUT2D eigenvalue weighted by Gasteiger charge is -2.08. The van der Waals surface area contributed by atoms with Crippen molar-refractivity contribution in [1.82, 2.24) is 19.8 Å². The zero-order valence-electron chi connectivity index (χ0n) is 14.4. The highest BCUT2D eigenvalue weighted by molar-refractivity contribution is 7.89. The Bertz CT molecular complexity index is 996. The van der Waals surface area contributed by atoms with E-state index in [2.05, 4.69) is 19.8 Å². The van der Waals surface area contributed by atoms with Gasteiger partial charge in [0.2, 0.25) is 15.9 Å². The van der Waals surface area contributed by atoms with Crippen LogP contribution in [0.15, 0.2) is 39.9 Å². The van der Waals surface area contributed by atoms with Gasteiger partial charge in [0.25, 0.3) is 0 Å². The van der Waals surface area contributed by atoms with E-state index in [1.807, 2.05) is 32.9 Å². The molecular formula is C17H20N4O3S. The molecule has 0 radical (unpaired) electrons. The van der Waals surface area contributed by atoms with Gasteiger partial charge in [-0.1, -0.05) is 31.1 Å². The van der Waals surface area contributed by atoms with Gasteiger partial charge in [0.05, 0.1) is 5.52 Å². The summed E-state index contributed by atoms with van der Waals surface area (Å²) in [5.74, 6) is 1.20. The van der Waals surface area contributed by atoms with E-state index in [4.69, 9.17) is 4.52 Å². The standard InChI is InChI=1S/C17H20N4O3S/c1-11(2)17-20-15(24-21-17)7-8-19-25(22,23)14-6-4-5-13-9-12(3)10-18-16(13)14/h4-6,9-11,19H,7-8H2,1-3H3. The summed E-state index contributed by atoms with van der Waals surface area (Å²) >= 11 is 0. The fraction of sp³-hybridized carbons (Fsp3) is 0.353. The Morgan fingerprint density at radius 2 is 2.08 bits per heavy atom. The molecule has 2 aromatic heterocycles. The predicted molar refractivity (Wildman–Crippen MR) is 93.8 cm³/mol. The summed E-state index contributed by atoms with van der Waals surface area (Å²) in [5, 5.41) is 4.66. The third-order valence-corrected chi connectivity index (χ3v) is 5.22. The van der Waals surface area contributed by atoms with Crippen LogP contribution in [0.25, 0.3) is 10.9 Å². The van der Waals surface area contributed by atoms with Gasteiger partial charge < -0.3 is 4.52 Å². The summed E-state index contributed by atoms with van der Waals surface area (Å²) < 4.78 is 32.9. The van der Waals surface area contributed by atoms with Gasteiger partial charge in [-0.2, -0.15) is 4.98 Å². The fourth-order valence-electron chi connectivity index (χ4n) is 2.43. The van der Waals surface area contributed by atoms with Crippen molar-refractivity contribution in [3.05, 3.63) is 47.7 Å². The Balaban J connectivity index is 1.76. The second-order valence-electron chi connectivity index (χ2n) is 6.19. The molecule has 0 spiro atoms. The second-order valence-corrected chi connectivity index (χ2v) is 7.92. The Morgan fingerprint density at radius 1 is 1.28 bits per heavy atom. The van der Waals surface area contributed by atoms with Crippen LogP contribution in [0.3, 0.4) is 0 Å². The van der Waals surface area contributed by atoms with Crippen LogP contribution >= 0.6 is 0 Å². The monoisotopic (exact) mass is 360 g/mol. The lowest BCUT2D eigenvalue weighted by atomic mass is 10.2. The number of aryl methyl sites for hydroxylation is 1. The quantitative estimate of drug-likeness (QED) is 0.725. The maximum absolute atomic E-state index is 12.6. The Kier molecular flexibility index (Phi) is 4.82. The van der Waals surface area contributed by atoms with E-state index >= 15 is 0 Å². The van der Waals surface area contributed by atoms with Crippen LogP contribution in [-0.2, 0) is 16.4 Å². The third kappa shape index (κ3) is 3.85. The van der Waals surface area contributed by atoms with E-state index in [0.717, 1.165) is 10.9 Å². The molecule has 1 N–H and O–H groups in total. The molecule has 8 heteroatoms. The van der Waals surface area contributed by atoms with Gasteiger partial charge in [-0.05, 0) is 24.6 Å². The number of para-hydroxylation sites is 1. The van der Waals surface area contributed by atoms with Crippen LogP contribution in [0.1, 0.15) is 37.0 Å². The highest BCUT2D eigenvalue weighted by atomic mass is 32.2. The molecule has 25 heavy (non-hydrogen) atoms. The summed E-state index contributed by atoms with van der Waals surface area (Å²) in [6.07, 6.45) is 1.99. The van der Waals surface area contributed by atoms with Gasteiger partial charge in [-0.3, -0.25) is 4.98 Å². The summed E-state index contributed by atoms with van der Waals surface area (Å²) in [7, 11) is -3.68. The van der Waals surface area contributed by atoms with Crippen molar-refractivity contribution in [3.63, 3.8) is 0 Å². The Morgan fingerprint density at radius 3 is 2.80 bits per heavy atom.